The molecule has 0 saturated carbocycles. The number of carbonyl (C=O) groups excluding carboxylic acids is 1. The number of nitrogens with zero attached hydrogens (tertiary/aromatic N) is 1. The molecule has 0 heterocycles. The Morgan fingerprint density at radius 1 is 0.900 bits per heavy atom. The zero-order chi connectivity index (χ0) is 21.6. The molecule has 156 valence electrons. The maximum atomic E-state index is 13.2. The molecule has 0 bridgehead atoms. The van der Waals surface area contributed by atoms with E-state index in [0.717, 1.165) is 9.87 Å². The second-order valence-electron chi connectivity index (χ2n) is 6.62. The monoisotopic (exact) mass is 446 g/mol. The van der Waals surface area contributed by atoms with E-state index in [4.69, 9.17) is 11.6 Å². The van der Waals surface area contributed by atoms with Gasteiger partial charge in [-0.15, -0.1) is 0 Å². The number of halogens is 2. The number of hydrogen-bond donors (Lipinski definition) is 1. The smallest absolute Gasteiger partial charge is 0.243 e. The molecule has 0 aromatic heterocycles. The highest BCUT2D eigenvalue weighted by Gasteiger charge is 2.26. The van der Waals surface area contributed by atoms with Crippen LogP contribution in [0.4, 0.5) is 4.39 Å². The normalized spacial score (nSPS) is 11.4. The van der Waals surface area contributed by atoms with Gasteiger partial charge in [0.15, 0.2) is 0 Å². The van der Waals surface area contributed by atoms with E-state index in [9.17, 15) is 17.6 Å². The summed E-state index contributed by atoms with van der Waals surface area (Å²) < 4.78 is 40.4. The summed E-state index contributed by atoms with van der Waals surface area (Å²) in [5.74, 6) is -0.832. The topological polar surface area (TPSA) is 66.5 Å². The average Bonchev–Trinajstić information content (AvgIpc) is 2.74. The molecule has 8 heteroatoms. The average molecular weight is 447 g/mol. The van der Waals surface area contributed by atoms with Gasteiger partial charge in [-0.2, -0.15) is 4.31 Å². The van der Waals surface area contributed by atoms with Gasteiger partial charge in [0, 0.05) is 18.1 Å². The quantitative estimate of drug-likeness (QED) is 0.569. The van der Waals surface area contributed by atoms with Crippen molar-refractivity contribution in [3.8, 4) is 0 Å². The molecular formula is C22H20ClFN2O3S. The summed E-state index contributed by atoms with van der Waals surface area (Å²) in [5.41, 5.74) is 1.46. The second-order valence-corrected chi connectivity index (χ2v) is 8.99. The standard InChI is InChI=1S/C22H20ClFN2O3S/c23-19-8-12-21(13-9-19)30(28,29)26(15-18-4-2-1-3-5-18)16-22(27)25-14-17-6-10-20(24)11-7-17/h1-13H,14-16H2,(H,25,27). The Morgan fingerprint density at radius 3 is 2.17 bits per heavy atom. The third-order valence-corrected chi connectivity index (χ3v) is 6.43. The fourth-order valence-electron chi connectivity index (χ4n) is 2.79. The Bertz CT molecular complexity index is 1090. The summed E-state index contributed by atoms with van der Waals surface area (Å²) in [5, 5.41) is 3.10. The molecule has 3 aromatic rings. The van der Waals surface area contributed by atoms with E-state index >= 15 is 0 Å². The van der Waals surface area contributed by atoms with Crippen molar-refractivity contribution in [1.29, 1.82) is 0 Å². The van der Waals surface area contributed by atoms with E-state index in [-0.39, 0.29) is 30.3 Å². The third-order valence-electron chi connectivity index (χ3n) is 4.38. The lowest BCUT2D eigenvalue weighted by atomic mass is 10.2. The first-order valence-electron chi connectivity index (χ1n) is 9.15. The molecule has 0 atom stereocenters. The molecule has 30 heavy (non-hydrogen) atoms. The van der Waals surface area contributed by atoms with Gasteiger partial charge >= 0.3 is 0 Å². The number of carbonyl (C=O) groups is 1. The summed E-state index contributed by atoms with van der Waals surface area (Å²) in [6.07, 6.45) is 0. The molecule has 0 aliphatic carbocycles. The molecule has 3 rings (SSSR count). The summed E-state index contributed by atoms with van der Waals surface area (Å²) in [4.78, 5) is 12.6. The van der Waals surface area contributed by atoms with Crippen molar-refractivity contribution in [2.75, 3.05) is 6.54 Å². The van der Waals surface area contributed by atoms with E-state index in [2.05, 4.69) is 5.32 Å². The molecule has 5 nitrogen and oxygen atoms in total. The first kappa shape index (κ1) is 22.0. The van der Waals surface area contributed by atoms with Crippen molar-refractivity contribution in [2.24, 2.45) is 0 Å². The van der Waals surface area contributed by atoms with Crippen LogP contribution >= 0.6 is 11.6 Å². The molecule has 3 aromatic carbocycles. The fourth-order valence-corrected chi connectivity index (χ4v) is 4.30. The largest absolute Gasteiger partial charge is 0.351 e. The van der Waals surface area contributed by atoms with Gasteiger partial charge in [0.1, 0.15) is 5.82 Å². The Kier molecular flexibility index (Phi) is 7.20. The molecule has 0 fully saturated rings. The Morgan fingerprint density at radius 2 is 1.53 bits per heavy atom. The molecule has 0 unspecified atom stereocenters. The van der Waals surface area contributed by atoms with Crippen molar-refractivity contribution in [3.63, 3.8) is 0 Å². The first-order valence-corrected chi connectivity index (χ1v) is 11.0. The summed E-state index contributed by atoms with van der Waals surface area (Å²) in [6, 6.07) is 20.5. The van der Waals surface area contributed by atoms with E-state index in [1.165, 1.54) is 36.4 Å². The van der Waals surface area contributed by atoms with Crippen LogP contribution in [0.5, 0.6) is 0 Å². The minimum atomic E-state index is -3.94. The van der Waals surface area contributed by atoms with Gasteiger partial charge in [-0.25, -0.2) is 12.8 Å². The van der Waals surface area contributed by atoms with Crippen molar-refractivity contribution in [3.05, 3.63) is 101 Å². The molecular weight excluding hydrogens is 427 g/mol. The van der Waals surface area contributed by atoms with Crippen molar-refractivity contribution >= 4 is 27.5 Å². The van der Waals surface area contributed by atoms with Gasteiger partial charge in [-0.3, -0.25) is 4.79 Å². The SMILES string of the molecule is O=C(CN(Cc1ccccc1)S(=O)(=O)c1ccc(Cl)cc1)NCc1ccc(F)cc1. The molecule has 1 N–H and O–H groups in total. The lowest BCUT2D eigenvalue weighted by molar-refractivity contribution is -0.121. The van der Waals surface area contributed by atoms with E-state index < -0.39 is 15.9 Å². The fraction of sp³-hybridized carbons (Fsp3) is 0.136. The zero-order valence-corrected chi connectivity index (χ0v) is 17.5. The van der Waals surface area contributed by atoms with Crippen LogP contribution in [0.15, 0.2) is 83.8 Å². The maximum absolute atomic E-state index is 13.2. The third kappa shape index (κ3) is 5.89. The van der Waals surface area contributed by atoms with Crippen molar-refractivity contribution in [1.82, 2.24) is 9.62 Å². The first-order chi connectivity index (χ1) is 14.3. The molecule has 0 radical (unpaired) electrons. The summed E-state index contributed by atoms with van der Waals surface area (Å²) in [7, 11) is -3.94. The van der Waals surface area contributed by atoms with Gasteiger partial charge < -0.3 is 5.32 Å². The van der Waals surface area contributed by atoms with Crippen molar-refractivity contribution < 1.29 is 17.6 Å². The molecule has 0 aliphatic heterocycles. The Labute approximate surface area is 180 Å². The van der Waals surface area contributed by atoms with Crippen LogP contribution in [-0.2, 0) is 27.9 Å². The van der Waals surface area contributed by atoms with Gasteiger partial charge in [-0.1, -0.05) is 54.1 Å². The van der Waals surface area contributed by atoms with Crippen LogP contribution in [0, 0.1) is 5.82 Å². The summed E-state index contributed by atoms with van der Waals surface area (Å²) >= 11 is 5.87. The van der Waals surface area contributed by atoms with Crippen LogP contribution < -0.4 is 5.32 Å². The Balaban J connectivity index is 1.77. The molecule has 1 amide bonds. The number of nitrogens with one attached hydrogen (secondary N) is 1. The van der Waals surface area contributed by atoms with Gasteiger partial charge in [-0.05, 0) is 47.5 Å². The number of amides is 1. The highest BCUT2D eigenvalue weighted by molar-refractivity contribution is 7.89. The maximum Gasteiger partial charge on any atom is 0.243 e. The summed E-state index contributed by atoms with van der Waals surface area (Å²) in [6.45, 7) is -0.157. The zero-order valence-electron chi connectivity index (χ0n) is 16.0. The number of hydrogen-bond acceptors (Lipinski definition) is 3. The van der Waals surface area contributed by atoms with Gasteiger partial charge in [0.25, 0.3) is 0 Å². The Hall–Kier alpha value is -2.74. The van der Waals surface area contributed by atoms with Crippen molar-refractivity contribution in [2.45, 2.75) is 18.0 Å². The van der Waals surface area contributed by atoms with Crippen LogP contribution in [0.25, 0.3) is 0 Å². The van der Waals surface area contributed by atoms with Crippen LogP contribution in [-0.4, -0.2) is 25.2 Å². The minimum Gasteiger partial charge on any atom is -0.351 e. The van der Waals surface area contributed by atoms with E-state index in [0.29, 0.717) is 10.6 Å². The molecule has 0 spiro atoms. The minimum absolute atomic E-state index is 0.0375. The molecule has 0 aliphatic rings. The van der Waals surface area contributed by atoms with E-state index in [1.54, 1.807) is 36.4 Å². The number of sulfonamides is 1. The number of rotatable bonds is 8. The van der Waals surface area contributed by atoms with Gasteiger partial charge in [0.2, 0.25) is 15.9 Å². The van der Waals surface area contributed by atoms with E-state index in [1.807, 2.05) is 6.07 Å². The van der Waals surface area contributed by atoms with Crippen LogP contribution in [0.3, 0.4) is 0 Å². The second kappa shape index (κ2) is 9.84. The van der Waals surface area contributed by atoms with Crippen LogP contribution in [0.2, 0.25) is 5.02 Å². The van der Waals surface area contributed by atoms with Gasteiger partial charge in [0.05, 0.1) is 11.4 Å². The predicted molar refractivity (Wildman–Crippen MR) is 114 cm³/mol. The van der Waals surface area contributed by atoms with Crippen LogP contribution in [0.1, 0.15) is 11.1 Å². The lowest BCUT2D eigenvalue weighted by Gasteiger charge is -2.22. The highest BCUT2D eigenvalue weighted by Crippen LogP contribution is 2.20. The molecule has 0 saturated heterocycles. The highest BCUT2D eigenvalue weighted by atomic mass is 35.5. The predicted octanol–water partition coefficient (Wildman–Crippen LogP) is 3.99. The lowest BCUT2D eigenvalue weighted by Crippen LogP contribution is -2.40. The number of benzene rings is 3.